The molecule has 1 saturated carbocycles. The fraction of sp³-hybridized carbons (Fsp3) is 0.700. The number of nitrogens with zero attached hydrogens (tertiary/aromatic N) is 4. The van der Waals surface area contributed by atoms with Gasteiger partial charge >= 0.3 is 5.97 Å². The van der Waals surface area contributed by atoms with E-state index in [2.05, 4.69) is 9.97 Å². The van der Waals surface area contributed by atoms with E-state index in [9.17, 15) is 14.7 Å². The fourth-order valence-corrected chi connectivity index (χ4v) is 4.76. The average Bonchev–Trinajstić information content (AvgIpc) is 3.38. The smallest absolute Gasteiger partial charge is 0.320 e. The van der Waals surface area contributed by atoms with Crippen molar-refractivity contribution in [3.8, 4) is 0 Å². The van der Waals surface area contributed by atoms with Crippen LogP contribution in [0.4, 0.5) is 0 Å². The van der Waals surface area contributed by atoms with Crippen molar-refractivity contribution in [2.24, 2.45) is 11.3 Å². The van der Waals surface area contributed by atoms with Crippen LogP contribution >= 0.6 is 0 Å². The molecule has 3 aliphatic rings. The first-order chi connectivity index (χ1) is 12.8. The van der Waals surface area contributed by atoms with Crippen LogP contribution in [0.25, 0.3) is 0 Å². The molecule has 1 atom stereocenters. The molecule has 0 radical (unpaired) electrons. The molecule has 2 aliphatic heterocycles. The third-order valence-corrected chi connectivity index (χ3v) is 6.33. The van der Waals surface area contributed by atoms with E-state index in [0.29, 0.717) is 24.7 Å². The fourth-order valence-electron chi connectivity index (χ4n) is 4.76. The summed E-state index contributed by atoms with van der Waals surface area (Å²) in [5, 5.41) is 9.76. The van der Waals surface area contributed by atoms with E-state index in [1.807, 2.05) is 29.7 Å². The van der Waals surface area contributed by atoms with E-state index in [0.717, 1.165) is 56.7 Å². The third kappa shape index (κ3) is 3.83. The standard InChI is InChI=1S/C20H28N4O3/c1-13-9-14(2)22-17(21-13)11-24-12-20(10-16(24)19(26)27)5-7-23(8-6-20)18(25)15-3-4-15/h9,15-16H,3-8,10-12H2,1-2H3,(H,26,27)/t16-/m0/s1. The van der Waals surface area contributed by atoms with Crippen molar-refractivity contribution in [2.45, 2.75) is 58.5 Å². The lowest BCUT2D eigenvalue weighted by Crippen LogP contribution is -2.44. The second kappa shape index (κ2) is 6.86. The number of hydrogen-bond donors (Lipinski definition) is 1. The van der Waals surface area contributed by atoms with Crippen molar-refractivity contribution >= 4 is 11.9 Å². The van der Waals surface area contributed by atoms with Gasteiger partial charge in [0.25, 0.3) is 0 Å². The van der Waals surface area contributed by atoms with Gasteiger partial charge in [-0.25, -0.2) is 9.97 Å². The molecule has 0 bridgehead atoms. The lowest BCUT2D eigenvalue weighted by molar-refractivity contribution is -0.142. The summed E-state index contributed by atoms with van der Waals surface area (Å²) < 4.78 is 0. The van der Waals surface area contributed by atoms with Gasteiger partial charge in [-0.05, 0) is 57.4 Å². The summed E-state index contributed by atoms with van der Waals surface area (Å²) in [5.41, 5.74) is 1.80. The zero-order chi connectivity index (χ0) is 19.2. The zero-order valence-corrected chi connectivity index (χ0v) is 16.1. The normalized spacial score (nSPS) is 25.1. The molecule has 7 heteroatoms. The zero-order valence-electron chi connectivity index (χ0n) is 16.1. The molecule has 3 heterocycles. The molecule has 1 spiro atoms. The van der Waals surface area contributed by atoms with E-state index in [4.69, 9.17) is 0 Å². The summed E-state index contributed by atoms with van der Waals surface area (Å²) >= 11 is 0. The summed E-state index contributed by atoms with van der Waals surface area (Å²) in [6.45, 7) is 6.60. The van der Waals surface area contributed by atoms with Gasteiger partial charge in [-0.2, -0.15) is 0 Å². The Balaban J connectivity index is 1.45. The molecule has 1 amide bonds. The van der Waals surface area contributed by atoms with Crippen LogP contribution in [0, 0.1) is 25.2 Å². The number of carbonyl (C=O) groups is 2. The van der Waals surface area contributed by atoms with Crippen molar-refractivity contribution in [3.05, 3.63) is 23.3 Å². The maximum atomic E-state index is 12.3. The van der Waals surface area contributed by atoms with Gasteiger partial charge in [-0.1, -0.05) is 0 Å². The number of aliphatic carboxylic acids is 1. The monoisotopic (exact) mass is 372 g/mol. The lowest BCUT2D eigenvalue weighted by Gasteiger charge is -2.39. The number of carbonyl (C=O) groups excluding carboxylic acids is 1. The maximum Gasteiger partial charge on any atom is 0.320 e. The van der Waals surface area contributed by atoms with E-state index < -0.39 is 12.0 Å². The third-order valence-electron chi connectivity index (χ3n) is 6.33. The molecule has 3 fully saturated rings. The molecule has 27 heavy (non-hydrogen) atoms. The van der Waals surface area contributed by atoms with Crippen molar-refractivity contribution in [1.29, 1.82) is 0 Å². The highest BCUT2D eigenvalue weighted by Crippen LogP contribution is 2.44. The molecule has 1 aromatic rings. The first kappa shape index (κ1) is 18.3. The van der Waals surface area contributed by atoms with E-state index in [1.165, 1.54) is 0 Å². The van der Waals surface area contributed by atoms with Crippen LogP contribution in [0.3, 0.4) is 0 Å². The molecule has 4 rings (SSSR count). The minimum atomic E-state index is -0.771. The highest BCUT2D eigenvalue weighted by Gasteiger charge is 2.49. The Labute approximate surface area is 159 Å². The molecule has 7 nitrogen and oxygen atoms in total. The predicted molar refractivity (Wildman–Crippen MR) is 98.9 cm³/mol. The van der Waals surface area contributed by atoms with E-state index >= 15 is 0 Å². The second-order valence-corrected chi connectivity index (χ2v) is 8.63. The Bertz CT molecular complexity index is 733. The number of carboxylic acids is 1. The van der Waals surface area contributed by atoms with Crippen molar-refractivity contribution < 1.29 is 14.7 Å². The molecular weight excluding hydrogens is 344 g/mol. The number of likely N-dealkylation sites (tertiary alicyclic amines) is 2. The molecule has 1 aliphatic carbocycles. The number of amides is 1. The Kier molecular flexibility index (Phi) is 4.66. The minimum absolute atomic E-state index is 0.0116. The van der Waals surface area contributed by atoms with Crippen LogP contribution in [0.1, 0.15) is 49.3 Å². The molecule has 146 valence electrons. The van der Waals surface area contributed by atoms with Crippen molar-refractivity contribution in [1.82, 2.24) is 19.8 Å². The summed E-state index contributed by atoms with van der Waals surface area (Å²) in [6, 6.07) is 1.43. The molecule has 1 N–H and O–H groups in total. The maximum absolute atomic E-state index is 12.3. The SMILES string of the molecule is Cc1cc(C)nc(CN2CC3(CCN(C(=O)C4CC4)CC3)C[C@H]2C(=O)O)n1. The Hall–Kier alpha value is -2.02. The van der Waals surface area contributed by atoms with Crippen LogP contribution < -0.4 is 0 Å². The molecule has 1 aromatic heterocycles. The summed E-state index contributed by atoms with van der Waals surface area (Å²) in [4.78, 5) is 37.2. The molecule has 2 saturated heterocycles. The van der Waals surface area contributed by atoms with E-state index in [-0.39, 0.29) is 11.3 Å². The van der Waals surface area contributed by atoms with Gasteiger partial charge in [0.1, 0.15) is 11.9 Å². The van der Waals surface area contributed by atoms with Gasteiger partial charge in [-0.3, -0.25) is 14.5 Å². The average molecular weight is 372 g/mol. The molecular formula is C20H28N4O3. The van der Waals surface area contributed by atoms with Crippen molar-refractivity contribution in [3.63, 3.8) is 0 Å². The number of piperidine rings is 1. The van der Waals surface area contributed by atoms with Crippen molar-refractivity contribution in [2.75, 3.05) is 19.6 Å². The summed E-state index contributed by atoms with van der Waals surface area (Å²) in [6.07, 6.45) is 4.49. The topological polar surface area (TPSA) is 86.6 Å². The largest absolute Gasteiger partial charge is 0.480 e. The first-order valence-electron chi connectivity index (χ1n) is 9.92. The van der Waals surface area contributed by atoms with Gasteiger partial charge < -0.3 is 10.0 Å². The lowest BCUT2D eigenvalue weighted by atomic mass is 9.76. The highest BCUT2D eigenvalue weighted by molar-refractivity contribution is 5.81. The number of aryl methyl sites for hydroxylation is 2. The Morgan fingerprint density at radius 1 is 1.19 bits per heavy atom. The molecule has 0 aromatic carbocycles. The van der Waals surface area contributed by atoms with Crippen LogP contribution in [-0.2, 0) is 16.1 Å². The van der Waals surface area contributed by atoms with Gasteiger partial charge in [0.2, 0.25) is 5.91 Å². The van der Waals surface area contributed by atoms with Crippen LogP contribution in [0.5, 0.6) is 0 Å². The van der Waals surface area contributed by atoms with Gasteiger partial charge in [0.15, 0.2) is 0 Å². The van der Waals surface area contributed by atoms with Crippen LogP contribution in [0.2, 0.25) is 0 Å². The molecule has 0 unspecified atom stereocenters. The van der Waals surface area contributed by atoms with Gasteiger partial charge in [0.05, 0.1) is 6.54 Å². The van der Waals surface area contributed by atoms with Crippen LogP contribution in [-0.4, -0.2) is 62.4 Å². The Morgan fingerprint density at radius 2 is 1.81 bits per heavy atom. The van der Waals surface area contributed by atoms with Gasteiger partial charge in [-0.15, -0.1) is 0 Å². The number of hydrogen-bond acceptors (Lipinski definition) is 5. The summed E-state index contributed by atoms with van der Waals surface area (Å²) in [5.74, 6) is 0.482. The number of rotatable bonds is 4. The van der Waals surface area contributed by atoms with E-state index in [1.54, 1.807) is 0 Å². The first-order valence-corrected chi connectivity index (χ1v) is 9.92. The predicted octanol–water partition coefficient (Wildman–Crippen LogP) is 1.77. The number of carboxylic acid groups (broad SMARTS) is 1. The summed E-state index contributed by atoms with van der Waals surface area (Å²) in [7, 11) is 0. The van der Waals surface area contributed by atoms with Crippen LogP contribution in [0.15, 0.2) is 6.07 Å². The Morgan fingerprint density at radius 3 is 2.37 bits per heavy atom. The quantitative estimate of drug-likeness (QED) is 0.867. The minimum Gasteiger partial charge on any atom is -0.480 e. The second-order valence-electron chi connectivity index (χ2n) is 8.63. The van der Waals surface area contributed by atoms with Gasteiger partial charge in [0, 0.05) is 36.9 Å². The highest BCUT2D eigenvalue weighted by atomic mass is 16.4. The number of aromatic nitrogens is 2.